The van der Waals surface area contributed by atoms with Crippen molar-refractivity contribution in [2.24, 2.45) is 19.2 Å². The monoisotopic (exact) mass is 246 g/mol. The van der Waals surface area contributed by atoms with Crippen LogP contribution in [0.15, 0.2) is 39.0 Å². The highest BCUT2D eigenvalue weighted by Gasteiger charge is 2.11. The highest BCUT2D eigenvalue weighted by Crippen LogP contribution is 2.15. The fourth-order valence-corrected chi connectivity index (χ4v) is 1.59. The lowest BCUT2D eigenvalue weighted by molar-refractivity contribution is 0.565. The average molecular weight is 246 g/mol. The zero-order chi connectivity index (χ0) is 13.3. The Morgan fingerprint density at radius 1 is 1.17 bits per heavy atom. The van der Waals surface area contributed by atoms with Crippen molar-refractivity contribution in [1.82, 2.24) is 13.9 Å². The van der Waals surface area contributed by atoms with Gasteiger partial charge in [-0.3, -0.25) is 0 Å². The molecule has 0 fully saturated rings. The summed E-state index contributed by atoms with van der Waals surface area (Å²) in [6, 6.07) is 6.27. The highest BCUT2D eigenvalue weighted by atomic mass is 16.2. The maximum Gasteiger partial charge on any atom is 0.351 e. The van der Waals surface area contributed by atoms with E-state index in [1.165, 1.54) is 29.5 Å². The smallest absolute Gasteiger partial charge is 0.246 e. The second-order valence-corrected chi connectivity index (χ2v) is 3.66. The topological polar surface area (TPSA) is 97.7 Å². The van der Waals surface area contributed by atoms with Gasteiger partial charge in [0.1, 0.15) is 0 Å². The molecule has 2 aromatic rings. The molecular formula is C10H10N6O2. The van der Waals surface area contributed by atoms with Gasteiger partial charge in [0, 0.05) is 24.7 Å². The van der Waals surface area contributed by atoms with E-state index in [-0.39, 0.29) is 0 Å². The number of hydrogen-bond donors (Lipinski definition) is 0. The quantitative estimate of drug-likeness (QED) is 0.445. The normalized spacial score (nSPS) is 10.1. The molecule has 0 aliphatic rings. The SMILES string of the molecule is Cn1c(=O)n(-c2cccc(N=[N+]=[N-])c2)c(=O)n1C. The van der Waals surface area contributed by atoms with Crippen molar-refractivity contribution in [1.29, 1.82) is 0 Å². The van der Waals surface area contributed by atoms with E-state index >= 15 is 0 Å². The molecule has 0 atom stereocenters. The van der Waals surface area contributed by atoms with E-state index < -0.39 is 11.4 Å². The van der Waals surface area contributed by atoms with Crippen molar-refractivity contribution < 1.29 is 0 Å². The van der Waals surface area contributed by atoms with E-state index in [4.69, 9.17) is 5.53 Å². The Kier molecular flexibility index (Phi) is 2.78. The van der Waals surface area contributed by atoms with E-state index in [2.05, 4.69) is 10.0 Å². The lowest BCUT2D eigenvalue weighted by Crippen LogP contribution is -2.26. The summed E-state index contributed by atoms with van der Waals surface area (Å²) in [6.07, 6.45) is 0. The fraction of sp³-hybridized carbons (Fsp3) is 0.200. The number of hydrogen-bond acceptors (Lipinski definition) is 3. The maximum absolute atomic E-state index is 11.9. The second kappa shape index (κ2) is 4.27. The minimum absolute atomic E-state index is 0.341. The van der Waals surface area contributed by atoms with Crippen LogP contribution in [0.4, 0.5) is 5.69 Å². The molecular weight excluding hydrogens is 236 g/mol. The molecule has 0 spiro atoms. The van der Waals surface area contributed by atoms with E-state index in [1.54, 1.807) is 18.2 Å². The number of rotatable bonds is 2. The Balaban J connectivity index is 2.74. The van der Waals surface area contributed by atoms with Crippen LogP contribution < -0.4 is 11.4 Å². The highest BCUT2D eigenvalue weighted by molar-refractivity contribution is 5.46. The first-order valence-corrected chi connectivity index (χ1v) is 5.07. The molecule has 0 bridgehead atoms. The molecule has 0 saturated heterocycles. The molecule has 92 valence electrons. The maximum atomic E-state index is 11.9. The molecule has 0 radical (unpaired) electrons. The van der Waals surface area contributed by atoms with E-state index in [9.17, 15) is 9.59 Å². The molecule has 8 nitrogen and oxygen atoms in total. The number of aromatic nitrogens is 3. The molecule has 0 aliphatic carbocycles. The van der Waals surface area contributed by atoms with Crippen LogP contribution in [0.2, 0.25) is 0 Å². The first-order valence-electron chi connectivity index (χ1n) is 5.07. The van der Waals surface area contributed by atoms with Crippen LogP contribution in [-0.2, 0) is 14.1 Å². The Hall–Kier alpha value is -2.73. The number of nitrogens with zero attached hydrogens (tertiary/aromatic N) is 6. The predicted molar refractivity (Wildman–Crippen MR) is 65.1 cm³/mol. The third kappa shape index (κ3) is 1.70. The minimum Gasteiger partial charge on any atom is -0.246 e. The summed E-state index contributed by atoms with van der Waals surface area (Å²) < 4.78 is 3.40. The lowest BCUT2D eigenvalue weighted by Gasteiger charge is -1.99. The second-order valence-electron chi connectivity index (χ2n) is 3.66. The molecule has 8 heteroatoms. The van der Waals surface area contributed by atoms with Crippen LogP contribution >= 0.6 is 0 Å². The summed E-state index contributed by atoms with van der Waals surface area (Å²) in [7, 11) is 3.00. The largest absolute Gasteiger partial charge is 0.351 e. The zero-order valence-corrected chi connectivity index (χ0v) is 9.81. The van der Waals surface area contributed by atoms with Crippen LogP contribution in [0.25, 0.3) is 16.1 Å². The summed E-state index contributed by atoms with van der Waals surface area (Å²) in [5.41, 5.74) is 8.15. The van der Waals surface area contributed by atoms with Crippen LogP contribution in [-0.4, -0.2) is 13.9 Å². The molecule has 18 heavy (non-hydrogen) atoms. The summed E-state index contributed by atoms with van der Waals surface area (Å²) >= 11 is 0. The van der Waals surface area contributed by atoms with Gasteiger partial charge in [-0.25, -0.2) is 23.5 Å². The third-order valence-electron chi connectivity index (χ3n) is 2.63. The van der Waals surface area contributed by atoms with Gasteiger partial charge in [0.05, 0.1) is 5.69 Å². The van der Waals surface area contributed by atoms with Crippen molar-refractivity contribution in [2.45, 2.75) is 0 Å². The number of azide groups is 1. The zero-order valence-electron chi connectivity index (χ0n) is 9.81. The Labute approximate surface area is 101 Å². The molecule has 2 rings (SSSR count). The van der Waals surface area contributed by atoms with Gasteiger partial charge in [0.25, 0.3) is 0 Å². The van der Waals surface area contributed by atoms with Crippen molar-refractivity contribution in [2.75, 3.05) is 0 Å². The van der Waals surface area contributed by atoms with Gasteiger partial charge in [-0.2, -0.15) is 0 Å². The lowest BCUT2D eigenvalue weighted by atomic mass is 10.3. The van der Waals surface area contributed by atoms with Crippen LogP contribution in [0.3, 0.4) is 0 Å². The van der Waals surface area contributed by atoms with Crippen molar-refractivity contribution >= 4 is 5.69 Å². The van der Waals surface area contributed by atoms with Crippen LogP contribution in [0.5, 0.6) is 0 Å². The van der Waals surface area contributed by atoms with Gasteiger partial charge in [-0.15, -0.1) is 0 Å². The summed E-state index contributed by atoms with van der Waals surface area (Å²) in [4.78, 5) is 26.4. The van der Waals surface area contributed by atoms with Gasteiger partial charge >= 0.3 is 11.4 Å². The van der Waals surface area contributed by atoms with Gasteiger partial charge in [-0.05, 0) is 17.7 Å². The fourth-order valence-electron chi connectivity index (χ4n) is 1.59. The molecule has 0 N–H and O–H groups in total. The summed E-state index contributed by atoms with van der Waals surface area (Å²) in [5, 5.41) is 3.43. The third-order valence-corrected chi connectivity index (χ3v) is 2.63. The van der Waals surface area contributed by atoms with Crippen molar-refractivity contribution in [3.63, 3.8) is 0 Å². The minimum atomic E-state index is -0.458. The Morgan fingerprint density at radius 2 is 1.78 bits per heavy atom. The standard InChI is InChI=1S/C10H10N6O2/c1-14-9(17)16(10(18)15(14)2)8-5-3-4-7(6-8)12-13-11/h3-6H,1-2H3. The number of benzene rings is 1. The summed E-state index contributed by atoms with van der Waals surface area (Å²) in [5.74, 6) is 0. The van der Waals surface area contributed by atoms with Gasteiger partial charge < -0.3 is 0 Å². The molecule has 1 heterocycles. The Morgan fingerprint density at radius 3 is 2.33 bits per heavy atom. The average Bonchev–Trinajstić information content (AvgIpc) is 2.55. The van der Waals surface area contributed by atoms with E-state index in [0.717, 1.165) is 4.57 Å². The molecule has 1 aromatic carbocycles. The van der Waals surface area contributed by atoms with E-state index in [0.29, 0.717) is 11.4 Å². The molecule has 0 saturated carbocycles. The molecule has 0 unspecified atom stereocenters. The summed E-state index contributed by atoms with van der Waals surface area (Å²) in [6.45, 7) is 0. The van der Waals surface area contributed by atoms with E-state index in [1.807, 2.05) is 0 Å². The predicted octanol–water partition coefficient (Wildman–Crippen LogP) is 0.816. The molecule has 0 aliphatic heterocycles. The van der Waals surface area contributed by atoms with Crippen molar-refractivity contribution in [3.05, 3.63) is 55.7 Å². The van der Waals surface area contributed by atoms with Crippen LogP contribution in [0.1, 0.15) is 0 Å². The first kappa shape index (κ1) is 11.7. The van der Waals surface area contributed by atoms with Crippen LogP contribution in [0, 0.1) is 0 Å². The Bertz CT molecular complexity index is 726. The molecule has 1 aromatic heterocycles. The van der Waals surface area contributed by atoms with Crippen molar-refractivity contribution in [3.8, 4) is 5.69 Å². The van der Waals surface area contributed by atoms with Gasteiger partial charge in [-0.1, -0.05) is 17.2 Å². The van der Waals surface area contributed by atoms with Gasteiger partial charge in [0.2, 0.25) is 0 Å². The first-order chi connectivity index (χ1) is 8.56. The van der Waals surface area contributed by atoms with Gasteiger partial charge in [0.15, 0.2) is 0 Å². The molecule has 0 amide bonds.